The Morgan fingerprint density at radius 2 is 2.10 bits per heavy atom. The maximum atomic E-state index is 12.2. The summed E-state index contributed by atoms with van der Waals surface area (Å²) in [7, 11) is 0. The van der Waals surface area contributed by atoms with Crippen LogP contribution in [0, 0.1) is 13.8 Å². The largest absolute Gasteiger partial charge is 0.478 e. The SMILES string of the molecule is Cc1ccc(C=CC(=O)O)cc1NC(=O)c1scnc1C. The number of carboxylic acid groups (broad SMARTS) is 1. The molecule has 0 saturated carbocycles. The van der Waals surface area contributed by atoms with Gasteiger partial charge in [0, 0.05) is 11.8 Å². The molecule has 1 amide bonds. The van der Waals surface area contributed by atoms with Crippen molar-refractivity contribution in [3.8, 4) is 0 Å². The molecule has 0 atom stereocenters. The zero-order chi connectivity index (χ0) is 15.4. The Balaban J connectivity index is 2.23. The first-order chi connectivity index (χ1) is 9.97. The molecule has 0 radical (unpaired) electrons. The lowest BCUT2D eigenvalue weighted by Crippen LogP contribution is -2.12. The predicted molar refractivity (Wildman–Crippen MR) is 82.7 cm³/mol. The average Bonchev–Trinajstić information content (AvgIpc) is 2.86. The maximum absolute atomic E-state index is 12.2. The fourth-order valence-electron chi connectivity index (χ4n) is 1.74. The first-order valence-electron chi connectivity index (χ1n) is 6.20. The monoisotopic (exact) mass is 302 g/mol. The van der Waals surface area contributed by atoms with Crippen LogP contribution in [0.2, 0.25) is 0 Å². The number of benzene rings is 1. The summed E-state index contributed by atoms with van der Waals surface area (Å²) in [5, 5.41) is 11.5. The van der Waals surface area contributed by atoms with Crippen molar-refractivity contribution in [2.24, 2.45) is 0 Å². The molecule has 108 valence electrons. The molecule has 0 bridgehead atoms. The van der Waals surface area contributed by atoms with Crippen LogP contribution >= 0.6 is 11.3 Å². The first-order valence-corrected chi connectivity index (χ1v) is 7.08. The predicted octanol–water partition coefficient (Wildman–Crippen LogP) is 3.11. The van der Waals surface area contributed by atoms with E-state index in [1.165, 1.54) is 17.4 Å². The summed E-state index contributed by atoms with van der Waals surface area (Å²) in [4.78, 5) is 27.3. The van der Waals surface area contributed by atoms with Gasteiger partial charge in [0.25, 0.3) is 5.91 Å². The molecule has 21 heavy (non-hydrogen) atoms. The molecule has 2 rings (SSSR count). The zero-order valence-corrected chi connectivity index (χ0v) is 12.4. The van der Waals surface area contributed by atoms with Crippen LogP contribution in [-0.4, -0.2) is 22.0 Å². The van der Waals surface area contributed by atoms with Crippen molar-refractivity contribution in [3.05, 3.63) is 51.5 Å². The summed E-state index contributed by atoms with van der Waals surface area (Å²) in [6.07, 6.45) is 2.54. The highest BCUT2D eigenvalue weighted by molar-refractivity contribution is 7.12. The summed E-state index contributed by atoms with van der Waals surface area (Å²) in [6.45, 7) is 3.66. The summed E-state index contributed by atoms with van der Waals surface area (Å²) in [6, 6.07) is 5.36. The Bertz CT molecular complexity index is 719. The number of aromatic nitrogens is 1. The van der Waals surface area contributed by atoms with E-state index in [0.29, 0.717) is 21.8 Å². The van der Waals surface area contributed by atoms with Gasteiger partial charge in [0.15, 0.2) is 0 Å². The molecule has 1 heterocycles. The van der Waals surface area contributed by atoms with Gasteiger partial charge in [-0.25, -0.2) is 9.78 Å². The third-order valence-corrected chi connectivity index (χ3v) is 3.81. The number of aliphatic carboxylic acids is 1. The van der Waals surface area contributed by atoms with Crippen LogP contribution in [0.3, 0.4) is 0 Å². The van der Waals surface area contributed by atoms with Gasteiger partial charge in [-0.3, -0.25) is 4.79 Å². The van der Waals surface area contributed by atoms with Crippen LogP contribution in [0.5, 0.6) is 0 Å². The second-order valence-electron chi connectivity index (χ2n) is 4.47. The molecular formula is C15H14N2O3S. The molecule has 2 aromatic rings. The second kappa shape index (κ2) is 6.32. The summed E-state index contributed by atoms with van der Waals surface area (Å²) >= 11 is 1.29. The van der Waals surface area contributed by atoms with E-state index in [2.05, 4.69) is 10.3 Å². The highest BCUT2D eigenvalue weighted by Gasteiger charge is 2.12. The van der Waals surface area contributed by atoms with Gasteiger partial charge in [0.1, 0.15) is 4.88 Å². The van der Waals surface area contributed by atoms with E-state index in [1.54, 1.807) is 24.6 Å². The molecule has 1 aromatic carbocycles. The van der Waals surface area contributed by atoms with E-state index < -0.39 is 5.97 Å². The molecule has 5 nitrogen and oxygen atoms in total. The van der Waals surface area contributed by atoms with Crippen molar-refractivity contribution in [2.45, 2.75) is 13.8 Å². The number of aryl methyl sites for hydroxylation is 2. The van der Waals surface area contributed by atoms with Gasteiger partial charge >= 0.3 is 5.97 Å². The van der Waals surface area contributed by atoms with Crippen molar-refractivity contribution in [1.82, 2.24) is 4.98 Å². The van der Waals surface area contributed by atoms with E-state index in [0.717, 1.165) is 11.6 Å². The number of carbonyl (C=O) groups excluding carboxylic acids is 1. The van der Waals surface area contributed by atoms with E-state index in [4.69, 9.17) is 5.11 Å². The van der Waals surface area contributed by atoms with Crippen LogP contribution in [-0.2, 0) is 4.79 Å². The Hall–Kier alpha value is -2.47. The van der Waals surface area contributed by atoms with Crippen LogP contribution in [0.4, 0.5) is 5.69 Å². The van der Waals surface area contributed by atoms with Gasteiger partial charge in [-0.05, 0) is 37.1 Å². The third-order valence-electron chi connectivity index (χ3n) is 2.88. The highest BCUT2D eigenvalue weighted by atomic mass is 32.1. The minimum atomic E-state index is -1.01. The van der Waals surface area contributed by atoms with Crippen LogP contribution in [0.25, 0.3) is 6.08 Å². The second-order valence-corrected chi connectivity index (χ2v) is 5.32. The fraction of sp³-hybridized carbons (Fsp3) is 0.133. The first kappa shape index (κ1) is 14.9. The number of thiazole rings is 1. The average molecular weight is 302 g/mol. The number of nitrogens with one attached hydrogen (secondary N) is 1. The van der Waals surface area contributed by atoms with Crippen LogP contribution in [0.15, 0.2) is 29.8 Å². The summed E-state index contributed by atoms with van der Waals surface area (Å²) in [5.41, 5.74) is 4.58. The molecule has 6 heteroatoms. The van der Waals surface area contributed by atoms with E-state index >= 15 is 0 Å². The quantitative estimate of drug-likeness (QED) is 0.850. The Morgan fingerprint density at radius 3 is 2.71 bits per heavy atom. The van der Waals surface area contributed by atoms with Gasteiger partial charge < -0.3 is 10.4 Å². The molecule has 0 unspecified atom stereocenters. The van der Waals surface area contributed by atoms with Gasteiger partial charge in [-0.1, -0.05) is 12.1 Å². The third kappa shape index (κ3) is 3.76. The lowest BCUT2D eigenvalue weighted by molar-refractivity contribution is -0.131. The maximum Gasteiger partial charge on any atom is 0.328 e. The van der Waals surface area contributed by atoms with Crippen molar-refractivity contribution >= 4 is 35.0 Å². The molecule has 2 N–H and O–H groups in total. The molecular weight excluding hydrogens is 288 g/mol. The topological polar surface area (TPSA) is 79.3 Å². The Morgan fingerprint density at radius 1 is 1.33 bits per heavy atom. The lowest BCUT2D eigenvalue weighted by Gasteiger charge is -2.08. The van der Waals surface area contributed by atoms with E-state index in [-0.39, 0.29) is 5.91 Å². The normalized spacial score (nSPS) is 10.8. The summed E-state index contributed by atoms with van der Waals surface area (Å²) in [5.74, 6) is -1.22. The minimum Gasteiger partial charge on any atom is -0.478 e. The van der Waals surface area contributed by atoms with Crippen LogP contribution in [0.1, 0.15) is 26.5 Å². The lowest BCUT2D eigenvalue weighted by atomic mass is 10.1. The number of nitrogens with zero attached hydrogens (tertiary/aromatic N) is 1. The molecule has 0 aliphatic rings. The number of anilines is 1. The number of amides is 1. The molecule has 0 saturated heterocycles. The number of carbonyl (C=O) groups is 2. The number of hydrogen-bond acceptors (Lipinski definition) is 4. The smallest absolute Gasteiger partial charge is 0.328 e. The van der Waals surface area contributed by atoms with E-state index in [1.807, 2.05) is 13.0 Å². The number of hydrogen-bond donors (Lipinski definition) is 2. The van der Waals surface area contributed by atoms with Crippen molar-refractivity contribution in [3.63, 3.8) is 0 Å². The minimum absolute atomic E-state index is 0.211. The van der Waals surface area contributed by atoms with Gasteiger partial charge in [-0.2, -0.15) is 0 Å². The van der Waals surface area contributed by atoms with Gasteiger partial charge in [-0.15, -0.1) is 11.3 Å². The number of rotatable bonds is 4. The van der Waals surface area contributed by atoms with Gasteiger partial charge in [0.05, 0.1) is 11.2 Å². The Kier molecular flexibility index (Phi) is 4.49. The number of carboxylic acids is 1. The molecule has 1 aromatic heterocycles. The molecule has 0 aliphatic heterocycles. The molecule has 0 fully saturated rings. The van der Waals surface area contributed by atoms with Crippen LogP contribution < -0.4 is 5.32 Å². The van der Waals surface area contributed by atoms with E-state index in [9.17, 15) is 9.59 Å². The molecule has 0 aliphatic carbocycles. The zero-order valence-electron chi connectivity index (χ0n) is 11.6. The molecule has 0 spiro atoms. The van der Waals surface area contributed by atoms with Crippen molar-refractivity contribution in [1.29, 1.82) is 0 Å². The Labute approximate surface area is 126 Å². The van der Waals surface area contributed by atoms with Crippen molar-refractivity contribution < 1.29 is 14.7 Å². The fourth-order valence-corrected chi connectivity index (χ4v) is 2.44. The van der Waals surface area contributed by atoms with Crippen molar-refractivity contribution in [2.75, 3.05) is 5.32 Å². The standard InChI is InChI=1S/C15H14N2O3S/c1-9-3-4-11(5-6-13(18)19)7-12(9)17-15(20)14-10(2)16-8-21-14/h3-8H,1-2H3,(H,17,20)(H,18,19). The highest BCUT2D eigenvalue weighted by Crippen LogP contribution is 2.20. The van der Waals surface area contributed by atoms with Gasteiger partial charge in [0.2, 0.25) is 0 Å². The summed E-state index contributed by atoms with van der Waals surface area (Å²) < 4.78 is 0.